The summed E-state index contributed by atoms with van der Waals surface area (Å²) in [7, 11) is 0. The van der Waals surface area contributed by atoms with E-state index in [0.717, 1.165) is 12.8 Å². The fourth-order valence-electron chi connectivity index (χ4n) is 7.09. The van der Waals surface area contributed by atoms with Crippen molar-refractivity contribution in [3.63, 3.8) is 0 Å². The van der Waals surface area contributed by atoms with Crippen LogP contribution in [0.25, 0.3) is 0 Å². The first kappa shape index (κ1) is 18.4. The van der Waals surface area contributed by atoms with Crippen LogP contribution in [0.2, 0.25) is 0 Å². The quantitative estimate of drug-likeness (QED) is 0.545. The van der Waals surface area contributed by atoms with Gasteiger partial charge in [-0.1, -0.05) is 97.5 Å². The lowest BCUT2D eigenvalue weighted by molar-refractivity contribution is 0.0328. The van der Waals surface area contributed by atoms with Gasteiger partial charge in [0.1, 0.15) is 5.41 Å². The van der Waals surface area contributed by atoms with E-state index in [0.29, 0.717) is 5.92 Å². The van der Waals surface area contributed by atoms with Gasteiger partial charge in [-0.05, 0) is 35.5 Å². The first-order chi connectivity index (χ1) is 15.1. The number of rotatable bonds is 2. The fraction of sp³-hybridized carbons (Fsp3) is 0.310. The van der Waals surface area contributed by atoms with E-state index < -0.39 is 16.2 Å². The van der Waals surface area contributed by atoms with Crippen LogP contribution in [0.1, 0.15) is 42.7 Å². The van der Waals surface area contributed by atoms with Crippen molar-refractivity contribution in [3.05, 3.63) is 107 Å². The predicted molar refractivity (Wildman–Crippen MR) is 121 cm³/mol. The van der Waals surface area contributed by atoms with E-state index in [2.05, 4.69) is 91.9 Å². The van der Waals surface area contributed by atoms with Crippen LogP contribution in [0.15, 0.2) is 96.1 Å². The SMILES string of the molecule is C[C@@H]1C=C[C@@]23C4=C1C[C@@H](c1ccccc1)[C@]4(C#N)C=C[C@]2(C#N)CC3c1ccccc1. The lowest BCUT2D eigenvalue weighted by Crippen LogP contribution is -2.60. The van der Waals surface area contributed by atoms with Crippen molar-refractivity contribution < 1.29 is 0 Å². The number of allylic oxidation sites excluding steroid dienone is 6. The molecule has 0 aliphatic heterocycles. The molecular formula is C29H24N2. The monoisotopic (exact) mass is 400 g/mol. The second kappa shape index (κ2) is 6.09. The summed E-state index contributed by atoms with van der Waals surface area (Å²) in [5.74, 6) is 0.601. The predicted octanol–water partition coefficient (Wildman–Crippen LogP) is 6.44. The Bertz CT molecular complexity index is 1240. The molecule has 1 fully saturated rings. The number of hydrogen-bond donors (Lipinski definition) is 0. The van der Waals surface area contributed by atoms with Crippen LogP contribution in [0, 0.1) is 44.8 Å². The second-order valence-corrected chi connectivity index (χ2v) is 9.65. The van der Waals surface area contributed by atoms with E-state index in [1.165, 1.54) is 22.3 Å². The zero-order chi connectivity index (χ0) is 21.3. The molecule has 150 valence electrons. The summed E-state index contributed by atoms with van der Waals surface area (Å²) >= 11 is 0. The molecule has 4 aliphatic carbocycles. The van der Waals surface area contributed by atoms with Crippen molar-refractivity contribution in [1.82, 2.24) is 0 Å². The van der Waals surface area contributed by atoms with Gasteiger partial charge in [-0.25, -0.2) is 0 Å². The molecule has 2 aromatic rings. The van der Waals surface area contributed by atoms with Gasteiger partial charge < -0.3 is 0 Å². The van der Waals surface area contributed by atoms with E-state index in [1.807, 2.05) is 12.1 Å². The Kier molecular flexibility index (Phi) is 3.62. The molecule has 6 rings (SSSR count). The Morgan fingerprint density at radius 1 is 0.806 bits per heavy atom. The number of hydrogen-bond acceptors (Lipinski definition) is 2. The Hall–Kier alpha value is -3.36. The summed E-state index contributed by atoms with van der Waals surface area (Å²) in [5, 5.41) is 21.1. The zero-order valence-corrected chi connectivity index (χ0v) is 17.6. The van der Waals surface area contributed by atoms with Gasteiger partial charge in [-0.3, -0.25) is 0 Å². The maximum absolute atomic E-state index is 10.7. The van der Waals surface area contributed by atoms with Gasteiger partial charge in [0.2, 0.25) is 0 Å². The van der Waals surface area contributed by atoms with Crippen LogP contribution in [0.4, 0.5) is 0 Å². The number of nitrogens with zero attached hydrogens (tertiary/aromatic N) is 2. The molecule has 0 saturated heterocycles. The Morgan fingerprint density at radius 2 is 1.45 bits per heavy atom. The van der Waals surface area contributed by atoms with E-state index >= 15 is 0 Å². The minimum Gasteiger partial charge on any atom is -0.197 e. The Balaban J connectivity index is 1.63. The molecule has 0 aromatic heterocycles. The van der Waals surface area contributed by atoms with Crippen molar-refractivity contribution in [2.75, 3.05) is 0 Å². The molecule has 6 atom stereocenters. The normalized spacial score (nSPS) is 39.1. The van der Waals surface area contributed by atoms with Crippen molar-refractivity contribution >= 4 is 0 Å². The van der Waals surface area contributed by atoms with Crippen molar-refractivity contribution in [2.24, 2.45) is 22.2 Å². The average Bonchev–Trinajstić information content (AvgIpc) is 3.17. The molecule has 0 N–H and O–H groups in total. The van der Waals surface area contributed by atoms with Crippen molar-refractivity contribution in [2.45, 2.75) is 31.6 Å². The molecule has 2 aromatic carbocycles. The third-order valence-corrected chi connectivity index (χ3v) is 8.55. The standard InChI is InChI=1S/C29H24N2/c1-20-12-13-29-25(22-10-6-3-7-11-22)17-27(29,18-30)14-15-28(19-31)24(16-23(20)26(28)29)21-8-4-2-5-9-21/h2-15,20,24-25H,16-17H2,1H3/t20-,24+,25?,27-,28-,29-/m1/s1. The summed E-state index contributed by atoms with van der Waals surface area (Å²) in [4.78, 5) is 0. The van der Waals surface area contributed by atoms with Gasteiger partial charge in [-0.15, -0.1) is 0 Å². The maximum atomic E-state index is 10.7. The summed E-state index contributed by atoms with van der Waals surface area (Å²) < 4.78 is 0. The summed E-state index contributed by atoms with van der Waals surface area (Å²) in [6.45, 7) is 2.24. The van der Waals surface area contributed by atoms with Crippen LogP contribution < -0.4 is 0 Å². The lowest BCUT2D eigenvalue weighted by Gasteiger charge is -2.65. The first-order valence-electron chi connectivity index (χ1n) is 11.2. The Labute approximate surface area is 183 Å². The van der Waals surface area contributed by atoms with Crippen LogP contribution in [-0.4, -0.2) is 0 Å². The fourth-order valence-corrected chi connectivity index (χ4v) is 7.09. The summed E-state index contributed by atoms with van der Waals surface area (Å²) in [6, 6.07) is 26.5. The van der Waals surface area contributed by atoms with Crippen molar-refractivity contribution in [1.29, 1.82) is 10.5 Å². The van der Waals surface area contributed by atoms with Gasteiger partial charge in [0.05, 0.1) is 17.6 Å². The van der Waals surface area contributed by atoms with Gasteiger partial charge >= 0.3 is 0 Å². The third kappa shape index (κ3) is 2.01. The minimum atomic E-state index is -0.691. The maximum Gasteiger partial charge on any atom is 0.105 e. The molecule has 31 heavy (non-hydrogen) atoms. The van der Waals surface area contributed by atoms with Crippen LogP contribution in [0.5, 0.6) is 0 Å². The van der Waals surface area contributed by atoms with Gasteiger partial charge in [0.15, 0.2) is 0 Å². The van der Waals surface area contributed by atoms with E-state index in [1.54, 1.807) is 0 Å². The average molecular weight is 401 g/mol. The molecule has 2 nitrogen and oxygen atoms in total. The molecule has 2 heteroatoms. The second-order valence-electron chi connectivity index (χ2n) is 9.65. The third-order valence-electron chi connectivity index (χ3n) is 8.55. The van der Waals surface area contributed by atoms with E-state index in [9.17, 15) is 10.5 Å². The van der Waals surface area contributed by atoms with Gasteiger partial charge in [-0.2, -0.15) is 10.5 Å². The number of benzene rings is 2. The Morgan fingerprint density at radius 3 is 2.06 bits per heavy atom. The van der Waals surface area contributed by atoms with Crippen LogP contribution in [-0.2, 0) is 0 Å². The molecule has 0 heterocycles. The largest absolute Gasteiger partial charge is 0.197 e. The molecule has 0 amide bonds. The molecule has 1 unspecified atom stereocenters. The molecule has 1 saturated carbocycles. The first-order valence-corrected chi connectivity index (χ1v) is 11.2. The summed E-state index contributed by atoms with van der Waals surface area (Å²) in [5.41, 5.74) is 3.40. The lowest BCUT2D eigenvalue weighted by atomic mass is 9.35. The smallest absolute Gasteiger partial charge is 0.105 e. The van der Waals surface area contributed by atoms with Gasteiger partial charge in [0, 0.05) is 17.3 Å². The van der Waals surface area contributed by atoms with Crippen LogP contribution in [0.3, 0.4) is 0 Å². The van der Waals surface area contributed by atoms with Crippen LogP contribution >= 0.6 is 0 Å². The highest BCUT2D eigenvalue weighted by Gasteiger charge is 2.73. The van der Waals surface area contributed by atoms with Crippen molar-refractivity contribution in [3.8, 4) is 12.1 Å². The topological polar surface area (TPSA) is 47.6 Å². The van der Waals surface area contributed by atoms with Gasteiger partial charge in [0.25, 0.3) is 0 Å². The van der Waals surface area contributed by atoms with E-state index in [4.69, 9.17) is 0 Å². The highest BCUT2D eigenvalue weighted by atomic mass is 14.7. The summed E-state index contributed by atoms with van der Waals surface area (Å²) in [6.07, 6.45) is 10.5. The zero-order valence-electron chi connectivity index (χ0n) is 17.6. The molecule has 1 spiro atoms. The molecule has 0 bridgehead atoms. The minimum absolute atomic E-state index is 0.0906. The highest BCUT2D eigenvalue weighted by Crippen LogP contribution is 2.79. The van der Waals surface area contributed by atoms with E-state index in [-0.39, 0.29) is 11.8 Å². The number of nitriles is 2. The molecule has 4 aliphatic rings. The highest BCUT2D eigenvalue weighted by molar-refractivity contribution is 5.64. The molecule has 0 radical (unpaired) electrons. The molecular weight excluding hydrogens is 376 g/mol.